The van der Waals surface area contributed by atoms with Gasteiger partial charge in [0.1, 0.15) is 10.7 Å². The van der Waals surface area contributed by atoms with Crippen LogP contribution in [-0.2, 0) is 10.5 Å². The summed E-state index contributed by atoms with van der Waals surface area (Å²) in [5.74, 6) is 1.34. The molecule has 27 heavy (non-hydrogen) atoms. The van der Waals surface area contributed by atoms with Gasteiger partial charge in [-0.2, -0.15) is 0 Å². The average Bonchev–Trinajstić information content (AvgIpc) is 2.85. The highest BCUT2D eigenvalue weighted by Crippen LogP contribution is 2.26. The fraction of sp³-hybridized carbons (Fsp3) is 0.350. The summed E-state index contributed by atoms with van der Waals surface area (Å²) in [6, 6.07) is 4.12. The lowest BCUT2D eigenvalue weighted by Crippen LogP contribution is -2.16. The monoisotopic (exact) mass is 401 g/mol. The molecular weight excluding hydrogens is 378 g/mol. The van der Waals surface area contributed by atoms with Gasteiger partial charge in [0.05, 0.1) is 16.9 Å². The van der Waals surface area contributed by atoms with Gasteiger partial charge in [-0.15, -0.1) is 23.1 Å². The number of fused-ring (bicyclic) bond motifs is 1. The lowest BCUT2D eigenvalue weighted by molar-refractivity contribution is -0.113. The number of hydrogen-bond donors (Lipinski definition) is 2. The van der Waals surface area contributed by atoms with Gasteiger partial charge in [0.15, 0.2) is 0 Å². The summed E-state index contributed by atoms with van der Waals surface area (Å²) < 4.78 is 0. The number of aryl methyl sites for hydroxylation is 5. The van der Waals surface area contributed by atoms with Gasteiger partial charge in [-0.05, 0) is 51.3 Å². The highest BCUT2D eigenvalue weighted by Gasteiger charge is 2.13. The fourth-order valence-electron chi connectivity index (χ4n) is 3.16. The third kappa shape index (κ3) is 4.25. The van der Waals surface area contributed by atoms with E-state index in [-0.39, 0.29) is 11.5 Å². The van der Waals surface area contributed by atoms with Crippen molar-refractivity contribution in [1.29, 1.82) is 0 Å². The molecule has 0 saturated carbocycles. The molecule has 0 saturated heterocycles. The largest absolute Gasteiger partial charge is 0.325 e. The quantitative estimate of drug-likeness (QED) is 0.664. The Bertz CT molecular complexity index is 1060. The minimum absolute atomic E-state index is 0.0544. The summed E-state index contributed by atoms with van der Waals surface area (Å²) in [4.78, 5) is 33.9. The number of nitrogens with one attached hydrogen (secondary N) is 2. The minimum atomic E-state index is -0.104. The summed E-state index contributed by atoms with van der Waals surface area (Å²) in [6.07, 6.45) is 0. The molecule has 2 N–H and O–H groups in total. The van der Waals surface area contributed by atoms with Crippen LogP contribution in [0.4, 0.5) is 5.69 Å². The molecule has 0 unspecified atom stereocenters. The maximum atomic E-state index is 12.3. The summed E-state index contributed by atoms with van der Waals surface area (Å²) in [6.45, 7) is 9.98. The van der Waals surface area contributed by atoms with Crippen molar-refractivity contribution in [1.82, 2.24) is 9.97 Å². The van der Waals surface area contributed by atoms with Gasteiger partial charge in [-0.3, -0.25) is 9.59 Å². The first-order valence-corrected chi connectivity index (χ1v) is 10.7. The molecule has 3 rings (SSSR count). The molecule has 142 valence electrons. The van der Waals surface area contributed by atoms with Crippen LogP contribution in [0.25, 0.3) is 10.2 Å². The molecule has 3 aromatic rings. The molecule has 0 spiro atoms. The fourth-order valence-corrected chi connectivity index (χ4v) is 4.90. The number of nitrogens with zero attached hydrogens (tertiary/aromatic N) is 1. The van der Waals surface area contributed by atoms with E-state index in [4.69, 9.17) is 0 Å². The molecule has 0 radical (unpaired) electrons. The van der Waals surface area contributed by atoms with Crippen LogP contribution in [0.5, 0.6) is 0 Å². The molecular formula is C20H23N3O2S2. The first kappa shape index (κ1) is 19.6. The maximum Gasteiger partial charge on any atom is 0.259 e. The third-order valence-corrected chi connectivity index (χ3v) is 6.55. The smallest absolute Gasteiger partial charge is 0.259 e. The SMILES string of the molecule is Cc1cc(C)c(NC(=O)CSCc2nc3sc(C)c(C)c3c(=O)[nH]2)c(C)c1. The van der Waals surface area contributed by atoms with E-state index in [1.165, 1.54) is 28.7 Å². The molecule has 0 aliphatic heterocycles. The Labute approximate surface area is 166 Å². The number of carbonyl (C=O) groups excluding carboxylic acids is 1. The van der Waals surface area contributed by atoms with E-state index in [2.05, 4.69) is 27.4 Å². The van der Waals surface area contributed by atoms with Gasteiger partial charge >= 0.3 is 0 Å². The van der Waals surface area contributed by atoms with E-state index in [1.54, 1.807) is 0 Å². The molecule has 0 fully saturated rings. The first-order chi connectivity index (χ1) is 12.8. The molecule has 0 aliphatic rings. The van der Waals surface area contributed by atoms with Crippen molar-refractivity contribution >= 4 is 44.9 Å². The number of thioether (sulfide) groups is 1. The van der Waals surface area contributed by atoms with Crippen molar-refractivity contribution in [3.63, 3.8) is 0 Å². The van der Waals surface area contributed by atoms with E-state index >= 15 is 0 Å². The Morgan fingerprint density at radius 2 is 1.85 bits per heavy atom. The highest BCUT2D eigenvalue weighted by molar-refractivity contribution is 7.99. The third-order valence-electron chi connectivity index (χ3n) is 4.50. The molecule has 0 aliphatic carbocycles. The molecule has 2 heterocycles. The molecule has 0 bridgehead atoms. The molecule has 1 aromatic carbocycles. The van der Waals surface area contributed by atoms with Crippen LogP contribution < -0.4 is 10.9 Å². The van der Waals surface area contributed by atoms with Gasteiger partial charge in [0.2, 0.25) is 5.91 Å². The minimum Gasteiger partial charge on any atom is -0.325 e. The first-order valence-electron chi connectivity index (χ1n) is 8.70. The zero-order valence-electron chi connectivity index (χ0n) is 16.1. The number of H-pyrrole nitrogens is 1. The van der Waals surface area contributed by atoms with Crippen molar-refractivity contribution in [3.05, 3.63) is 55.4 Å². The molecule has 0 atom stereocenters. The predicted octanol–water partition coefficient (Wildman–Crippen LogP) is 4.40. The topological polar surface area (TPSA) is 74.8 Å². The number of benzene rings is 1. The second-order valence-corrected chi connectivity index (χ2v) is 8.98. The van der Waals surface area contributed by atoms with Crippen molar-refractivity contribution in [3.8, 4) is 0 Å². The Morgan fingerprint density at radius 1 is 1.19 bits per heavy atom. The molecule has 5 nitrogen and oxygen atoms in total. The predicted molar refractivity (Wildman–Crippen MR) is 115 cm³/mol. The molecule has 2 aromatic heterocycles. The van der Waals surface area contributed by atoms with Crippen LogP contribution >= 0.6 is 23.1 Å². The van der Waals surface area contributed by atoms with Crippen molar-refractivity contribution in [2.24, 2.45) is 0 Å². The number of anilines is 1. The number of hydrogen-bond acceptors (Lipinski definition) is 5. The van der Waals surface area contributed by atoms with Gasteiger partial charge in [-0.25, -0.2) is 4.98 Å². The van der Waals surface area contributed by atoms with E-state index < -0.39 is 0 Å². The van der Waals surface area contributed by atoms with Crippen LogP contribution in [0.2, 0.25) is 0 Å². The van der Waals surface area contributed by atoms with E-state index in [1.807, 2.05) is 34.6 Å². The number of aromatic nitrogens is 2. The van der Waals surface area contributed by atoms with Crippen LogP contribution in [0.1, 0.15) is 33.0 Å². The summed E-state index contributed by atoms with van der Waals surface area (Å²) in [5, 5.41) is 3.67. The summed E-state index contributed by atoms with van der Waals surface area (Å²) in [5.41, 5.74) is 5.07. The van der Waals surface area contributed by atoms with Gasteiger partial charge in [-0.1, -0.05) is 17.7 Å². The van der Waals surface area contributed by atoms with Crippen molar-refractivity contribution in [2.45, 2.75) is 40.4 Å². The Kier molecular flexibility index (Phi) is 5.72. The molecule has 7 heteroatoms. The van der Waals surface area contributed by atoms with Crippen LogP contribution in [0.3, 0.4) is 0 Å². The number of rotatable bonds is 5. The number of aromatic amines is 1. The van der Waals surface area contributed by atoms with Gasteiger partial charge < -0.3 is 10.3 Å². The van der Waals surface area contributed by atoms with E-state index in [0.717, 1.165) is 32.1 Å². The Balaban J connectivity index is 1.64. The average molecular weight is 402 g/mol. The standard InChI is InChI=1S/C20H23N3O2S2/c1-10-6-11(2)18(12(3)7-10)23-16(24)9-26-8-15-21-19(25)17-13(4)14(5)27-20(17)22-15/h6-7H,8-9H2,1-5H3,(H,23,24)(H,21,22,25). The number of thiophene rings is 1. The Hall–Kier alpha value is -2.12. The van der Waals surface area contributed by atoms with Crippen LogP contribution in [0.15, 0.2) is 16.9 Å². The summed E-state index contributed by atoms with van der Waals surface area (Å²) in [7, 11) is 0. The maximum absolute atomic E-state index is 12.3. The molecule has 1 amide bonds. The summed E-state index contributed by atoms with van der Waals surface area (Å²) >= 11 is 2.97. The normalized spacial score (nSPS) is 11.1. The van der Waals surface area contributed by atoms with Crippen LogP contribution in [0, 0.1) is 34.6 Å². The van der Waals surface area contributed by atoms with Gasteiger partial charge in [0, 0.05) is 10.6 Å². The second-order valence-electron chi connectivity index (χ2n) is 6.79. The lowest BCUT2D eigenvalue weighted by Gasteiger charge is -2.12. The van der Waals surface area contributed by atoms with Crippen LogP contribution in [-0.4, -0.2) is 21.6 Å². The second kappa shape index (κ2) is 7.86. The number of amides is 1. The number of carbonyl (C=O) groups is 1. The lowest BCUT2D eigenvalue weighted by atomic mass is 10.1. The van der Waals surface area contributed by atoms with Gasteiger partial charge in [0.25, 0.3) is 5.56 Å². The van der Waals surface area contributed by atoms with E-state index in [9.17, 15) is 9.59 Å². The zero-order valence-corrected chi connectivity index (χ0v) is 17.8. The van der Waals surface area contributed by atoms with E-state index in [0.29, 0.717) is 22.7 Å². The highest BCUT2D eigenvalue weighted by atomic mass is 32.2. The zero-order chi connectivity index (χ0) is 19.7. The van der Waals surface area contributed by atoms with Crippen molar-refractivity contribution < 1.29 is 4.79 Å². The Morgan fingerprint density at radius 3 is 2.52 bits per heavy atom. The van der Waals surface area contributed by atoms with Crippen molar-refractivity contribution in [2.75, 3.05) is 11.1 Å².